The van der Waals surface area contributed by atoms with Crippen LogP contribution in [0.3, 0.4) is 0 Å². The number of nitrogens with zero attached hydrogens (tertiary/aromatic N) is 2. The van der Waals surface area contributed by atoms with Crippen molar-refractivity contribution >= 4 is 34.9 Å². The smallest absolute Gasteiger partial charge is 0.225 e. The van der Waals surface area contributed by atoms with Crippen molar-refractivity contribution in [2.24, 2.45) is 0 Å². The quantitative estimate of drug-likeness (QED) is 0.931. The third-order valence-corrected chi connectivity index (χ3v) is 3.49. The van der Waals surface area contributed by atoms with Crippen LogP contribution in [0.4, 0.5) is 5.82 Å². The normalized spacial score (nSPS) is 10.6. The van der Waals surface area contributed by atoms with Gasteiger partial charge in [-0.15, -0.1) is 0 Å². The molecule has 1 N–H and O–H groups in total. The number of rotatable bonds is 4. The van der Waals surface area contributed by atoms with Gasteiger partial charge < -0.3 is 5.32 Å². The van der Waals surface area contributed by atoms with Gasteiger partial charge in [0.1, 0.15) is 0 Å². The molecular formula is C14H15Cl2N3O. The van der Waals surface area contributed by atoms with Crippen LogP contribution in [0.15, 0.2) is 24.3 Å². The lowest BCUT2D eigenvalue weighted by atomic mass is 10.2. The van der Waals surface area contributed by atoms with E-state index in [1.165, 1.54) is 0 Å². The van der Waals surface area contributed by atoms with E-state index in [0.29, 0.717) is 28.8 Å². The maximum Gasteiger partial charge on any atom is 0.225 e. The van der Waals surface area contributed by atoms with Crippen LogP contribution < -0.4 is 5.32 Å². The Balaban J connectivity index is 2.19. The second-order valence-electron chi connectivity index (χ2n) is 4.47. The van der Waals surface area contributed by atoms with E-state index in [4.69, 9.17) is 23.2 Å². The maximum atomic E-state index is 11.4. The van der Waals surface area contributed by atoms with E-state index in [1.54, 1.807) is 23.7 Å². The molecule has 106 valence electrons. The highest BCUT2D eigenvalue weighted by Crippen LogP contribution is 2.22. The van der Waals surface area contributed by atoms with E-state index < -0.39 is 0 Å². The van der Waals surface area contributed by atoms with Crippen LogP contribution in [0, 0.1) is 6.92 Å². The maximum absolute atomic E-state index is 11.4. The minimum absolute atomic E-state index is 0.0563. The number of benzene rings is 1. The first-order valence-corrected chi connectivity index (χ1v) is 7.03. The molecule has 1 aromatic carbocycles. The van der Waals surface area contributed by atoms with Gasteiger partial charge in [0.15, 0.2) is 5.82 Å². The van der Waals surface area contributed by atoms with Crippen LogP contribution in [-0.2, 0) is 11.3 Å². The molecule has 0 spiro atoms. The molecule has 0 unspecified atom stereocenters. The fraction of sp³-hybridized carbons (Fsp3) is 0.286. The summed E-state index contributed by atoms with van der Waals surface area (Å²) in [6, 6.07) is 7.20. The molecule has 0 saturated carbocycles. The van der Waals surface area contributed by atoms with Gasteiger partial charge in [0.05, 0.1) is 6.54 Å². The number of anilines is 1. The third-order valence-electron chi connectivity index (χ3n) is 2.91. The van der Waals surface area contributed by atoms with Crippen molar-refractivity contribution in [3.8, 4) is 0 Å². The molecule has 2 aromatic rings. The average Bonchev–Trinajstić information content (AvgIpc) is 2.73. The Morgan fingerprint density at radius 2 is 2.10 bits per heavy atom. The molecule has 2 rings (SSSR count). The Kier molecular flexibility index (Phi) is 4.68. The largest absolute Gasteiger partial charge is 0.309 e. The molecule has 0 fully saturated rings. The Morgan fingerprint density at radius 1 is 1.35 bits per heavy atom. The number of amides is 1. The Bertz CT molecular complexity index is 637. The molecule has 0 aliphatic carbocycles. The van der Waals surface area contributed by atoms with Crippen molar-refractivity contribution in [2.75, 3.05) is 5.32 Å². The molecule has 1 amide bonds. The molecule has 0 saturated heterocycles. The van der Waals surface area contributed by atoms with Gasteiger partial charge in [0, 0.05) is 28.2 Å². The third kappa shape index (κ3) is 3.52. The zero-order valence-electron chi connectivity index (χ0n) is 11.3. The summed E-state index contributed by atoms with van der Waals surface area (Å²) in [4.78, 5) is 11.4. The second kappa shape index (κ2) is 6.29. The highest BCUT2D eigenvalue weighted by Gasteiger charge is 2.09. The molecule has 1 heterocycles. The van der Waals surface area contributed by atoms with E-state index in [-0.39, 0.29) is 5.91 Å². The molecule has 20 heavy (non-hydrogen) atoms. The molecule has 0 radical (unpaired) electrons. The van der Waals surface area contributed by atoms with Gasteiger partial charge in [0.2, 0.25) is 5.91 Å². The number of halogens is 2. The average molecular weight is 312 g/mol. The Morgan fingerprint density at radius 3 is 2.75 bits per heavy atom. The topological polar surface area (TPSA) is 46.9 Å². The van der Waals surface area contributed by atoms with Gasteiger partial charge in [0.25, 0.3) is 0 Å². The van der Waals surface area contributed by atoms with Crippen LogP contribution in [0.5, 0.6) is 0 Å². The van der Waals surface area contributed by atoms with E-state index in [2.05, 4.69) is 10.4 Å². The summed E-state index contributed by atoms with van der Waals surface area (Å²) in [5, 5.41) is 8.29. The van der Waals surface area contributed by atoms with Crippen LogP contribution in [0.2, 0.25) is 10.0 Å². The first-order chi connectivity index (χ1) is 9.49. The summed E-state index contributed by atoms with van der Waals surface area (Å²) in [6.45, 7) is 4.26. The number of carbonyl (C=O) groups is 1. The van der Waals surface area contributed by atoms with Crippen LogP contribution in [0.1, 0.15) is 24.6 Å². The molecule has 0 atom stereocenters. The van der Waals surface area contributed by atoms with Gasteiger partial charge in [-0.1, -0.05) is 36.2 Å². The van der Waals surface area contributed by atoms with E-state index in [1.807, 2.05) is 19.1 Å². The SMILES string of the molecule is CCC(=O)Nc1cc(C)n(Cc2ccc(Cl)cc2Cl)n1. The lowest BCUT2D eigenvalue weighted by molar-refractivity contribution is -0.115. The monoisotopic (exact) mass is 311 g/mol. The molecule has 0 bridgehead atoms. The molecule has 1 aromatic heterocycles. The summed E-state index contributed by atoms with van der Waals surface area (Å²) in [7, 11) is 0. The number of hydrogen-bond donors (Lipinski definition) is 1. The fourth-order valence-electron chi connectivity index (χ4n) is 1.77. The van der Waals surface area contributed by atoms with Crippen molar-refractivity contribution < 1.29 is 4.79 Å². The van der Waals surface area contributed by atoms with Gasteiger partial charge in [-0.2, -0.15) is 5.10 Å². The van der Waals surface area contributed by atoms with Crippen LogP contribution in [0.25, 0.3) is 0 Å². The zero-order valence-corrected chi connectivity index (χ0v) is 12.8. The van der Waals surface area contributed by atoms with E-state index >= 15 is 0 Å². The number of nitrogens with one attached hydrogen (secondary N) is 1. The Labute approximate surface area is 127 Å². The molecule has 0 aliphatic rings. The Hall–Kier alpha value is -1.52. The highest BCUT2D eigenvalue weighted by atomic mass is 35.5. The zero-order chi connectivity index (χ0) is 14.7. The lowest BCUT2D eigenvalue weighted by Crippen LogP contribution is -2.11. The molecule has 6 heteroatoms. The molecule has 0 aliphatic heterocycles. The number of hydrogen-bond acceptors (Lipinski definition) is 2. The van der Waals surface area contributed by atoms with E-state index in [0.717, 1.165) is 11.3 Å². The highest BCUT2D eigenvalue weighted by molar-refractivity contribution is 6.35. The summed E-state index contributed by atoms with van der Waals surface area (Å²) >= 11 is 12.0. The summed E-state index contributed by atoms with van der Waals surface area (Å²) in [5.74, 6) is 0.499. The van der Waals surface area contributed by atoms with Crippen molar-refractivity contribution in [3.05, 3.63) is 45.6 Å². The van der Waals surface area contributed by atoms with E-state index in [9.17, 15) is 4.79 Å². The van der Waals surface area contributed by atoms with Crippen LogP contribution in [-0.4, -0.2) is 15.7 Å². The predicted octanol–water partition coefficient (Wildman–Crippen LogP) is 3.90. The second-order valence-corrected chi connectivity index (χ2v) is 5.31. The van der Waals surface area contributed by atoms with Crippen molar-refractivity contribution in [1.29, 1.82) is 0 Å². The lowest BCUT2D eigenvalue weighted by Gasteiger charge is -2.07. The molecular weight excluding hydrogens is 297 g/mol. The fourth-order valence-corrected chi connectivity index (χ4v) is 2.24. The number of carbonyl (C=O) groups excluding carboxylic acids is 1. The summed E-state index contributed by atoms with van der Waals surface area (Å²) in [6.07, 6.45) is 0.426. The van der Waals surface area contributed by atoms with Crippen LogP contribution >= 0.6 is 23.2 Å². The number of aryl methyl sites for hydroxylation is 1. The van der Waals surface area contributed by atoms with Crippen molar-refractivity contribution in [3.63, 3.8) is 0 Å². The predicted molar refractivity (Wildman–Crippen MR) is 81.4 cm³/mol. The van der Waals surface area contributed by atoms with Gasteiger partial charge in [-0.25, -0.2) is 0 Å². The minimum Gasteiger partial charge on any atom is -0.309 e. The van der Waals surface area contributed by atoms with Gasteiger partial charge in [-0.05, 0) is 24.6 Å². The van der Waals surface area contributed by atoms with Crippen molar-refractivity contribution in [2.45, 2.75) is 26.8 Å². The van der Waals surface area contributed by atoms with Crippen molar-refractivity contribution in [1.82, 2.24) is 9.78 Å². The summed E-state index contributed by atoms with van der Waals surface area (Å²) < 4.78 is 1.79. The minimum atomic E-state index is -0.0563. The first kappa shape index (κ1) is 14.9. The van der Waals surface area contributed by atoms with Gasteiger partial charge in [-0.3, -0.25) is 9.48 Å². The standard InChI is InChI=1S/C14H15Cl2N3O/c1-3-14(20)17-13-6-9(2)19(18-13)8-10-4-5-11(15)7-12(10)16/h4-7H,3,8H2,1-2H3,(H,17,18,20). The number of aromatic nitrogens is 2. The first-order valence-electron chi connectivity index (χ1n) is 6.28. The summed E-state index contributed by atoms with van der Waals surface area (Å²) in [5.41, 5.74) is 1.87. The molecule has 4 nitrogen and oxygen atoms in total. The van der Waals surface area contributed by atoms with Gasteiger partial charge >= 0.3 is 0 Å².